The Morgan fingerprint density at radius 3 is 2.65 bits per heavy atom. The number of imidazole rings is 1. The largest absolute Gasteiger partial charge is 0.397 e. The van der Waals surface area contributed by atoms with Crippen molar-refractivity contribution in [3.05, 3.63) is 78.8 Å². The van der Waals surface area contributed by atoms with E-state index < -0.39 is 14.2 Å². The van der Waals surface area contributed by atoms with E-state index >= 15 is 0 Å². The molecule has 4 rings (SSSR count). The number of carbonyl (C=O) groups is 2. The van der Waals surface area contributed by atoms with Gasteiger partial charge in [0.25, 0.3) is 5.91 Å². The van der Waals surface area contributed by atoms with Gasteiger partial charge >= 0.3 is 0 Å². The lowest BCUT2D eigenvalue weighted by Crippen LogP contribution is -2.42. The van der Waals surface area contributed by atoms with Crippen LogP contribution < -0.4 is 11.1 Å². The number of nitrogens with one attached hydrogen (secondary N) is 1. The highest BCUT2D eigenvalue weighted by Crippen LogP contribution is 2.39. The van der Waals surface area contributed by atoms with Crippen LogP contribution in [0.15, 0.2) is 67.5 Å². The van der Waals surface area contributed by atoms with Gasteiger partial charge in [0.2, 0.25) is 5.91 Å². The molecule has 3 heterocycles. The Labute approximate surface area is 236 Å². The quantitative estimate of drug-likeness (QED) is 0.209. The number of aryl methyl sites for hydroxylation is 2. The Balaban J connectivity index is 1.42. The molecular weight excluding hydrogens is 520 g/mol. The SMILES string of the molecule is CC(C)(C)[Si](C)(C)OC(CCCn1ccc2ccc(NC(=O)CCc3cccnc3)cc21)n1cnc(C(N)=O)c1. The highest BCUT2D eigenvalue weighted by Gasteiger charge is 2.39. The monoisotopic (exact) mass is 560 g/mol. The molecule has 9 nitrogen and oxygen atoms in total. The van der Waals surface area contributed by atoms with E-state index in [-0.39, 0.29) is 22.9 Å². The fraction of sp³-hybridized carbons (Fsp3) is 0.400. The zero-order chi connectivity index (χ0) is 28.9. The van der Waals surface area contributed by atoms with Gasteiger partial charge in [-0.15, -0.1) is 0 Å². The summed E-state index contributed by atoms with van der Waals surface area (Å²) in [5, 5.41) is 4.18. The third-order valence-corrected chi connectivity index (χ3v) is 12.2. The van der Waals surface area contributed by atoms with Crippen LogP contribution in [0.1, 0.15) is 62.3 Å². The summed E-state index contributed by atoms with van der Waals surface area (Å²) in [6.07, 6.45) is 11.3. The number of pyridine rings is 1. The summed E-state index contributed by atoms with van der Waals surface area (Å²) in [5.41, 5.74) is 8.56. The van der Waals surface area contributed by atoms with Crippen LogP contribution in [0.25, 0.3) is 10.9 Å². The van der Waals surface area contributed by atoms with Crippen LogP contribution in [-0.4, -0.2) is 39.2 Å². The van der Waals surface area contributed by atoms with Crippen LogP contribution in [0.2, 0.25) is 18.1 Å². The first-order valence-electron chi connectivity index (χ1n) is 13.7. The molecule has 3 N–H and O–H groups in total. The number of hydrogen-bond acceptors (Lipinski definition) is 5. The molecule has 0 fully saturated rings. The second-order valence-corrected chi connectivity index (χ2v) is 16.5. The van der Waals surface area contributed by atoms with Gasteiger partial charge in [-0.25, -0.2) is 4.98 Å². The number of aromatic nitrogens is 4. The van der Waals surface area contributed by atoms with E-state index in [0.29, 0.717) is 12.8 Å². The first kappa shape index (κ1) is 29.2. The maximum atomic E-state index is 12.6. The maximum Gasteiger partial charge on any atom is 0.268 e. The molecule has 1 unspecified atom stereocenters. The molecule has 4 aromatic rings. The highest BCUT2D eigenvalue weighted by molar-refractivity contribution is 6.74. The molecule has 0 saturated heterocycles. The standard InChI is InChI=1S/C30H40N6O3Si/c1-30(2,3)40(4,5)39-28(36-20-25(29(31)38)33-21-36)9-7-16-35-17-14-23-11-12-24(18-26(23)35)34-27(37)13-10-22-8-6-15-32-19-22/h6,8,11-12,14-15,17-21,28H,7,9-10,13,16H2,1-5H3,(H2,31,38)(H,34,37). The van der Waals surface area contributed by atoms with Crippen molar-refractivity contribution in [2.75, 3.05) is 5.32 Å². The van der Waals surface area contributed by atoms with Crippen molar-refractivity contribution in [2.24, 2.45) is 5.73 Å². The van der Waals surface area contributed by atoms with Gasteiger partial charge in [-0.05, 0) is 72.6 Å². The van der Waals surface area contributed by atoms with Gasteiger partial charge in [0, 0.05) is 43.4 Å². The number of carbonyl (C=O) groups excluding carboxylic acids is 2. The van der Waals surface area contributed by atoms with E-state index in [1.54, 1.807) is 24.9 Å². The fourth-order valence-corrected chi connectivity index (χ4v) is 5.60. The van der Waals surface area contributed by atoms with Crippen molar-refractivity contribution in [3.63, 3.8) is 0 Å². The smallest absolute Gasteiger partial charge is 0.268 e. The van der Waals surface area contributed by atoms with E-state index in [2.05, 4.69) is 66.0 Å². The number of hydrogen-bond donors (Lipinski definition) is 2. The average molecular weight is 561 g/mol. The summed E-state index contributed by atoms with van der Waals surface area (Å²) in [6.45, 7) is 11.8. The zero-order valence-corrected chi connectivity index (χ0v) is 25.1. The van der Waals surface area contributed by atoms with Crippen molar-refractivity contribution >= 4 is 36.7 Å². The Morgan fingerprint density at radius 2 is 1.98 bits per heavy atom. The Hall–Kier alpha value is -3.76. The molecule has 0 spiro atoms. The van der Waals surface area contributed by atoms with Gasteiger partial charge in [-0.3, -0.25) is 14.6 Å². The molecule has 0 bridgehead atoms. The first-order valence-corrected chi connectivity index (χ1v) is 16.6. The Bertz CT molecular complexity index is 1460. The van der Waals surface area contributed by atoms with Crippen molar-refractivity contribution in [2.45, 2.75) is 77.4 Å². The number of rotatable bonds is 12. The van der Waals surface area contributed by atoms with Crippen LogP contribution in [0.3, 0.4) is 0 Å². The second kappa shape index (κ2) is 12.2. The first-order chi connectivity index (χ1) is 18.9. The molecule has 0 aliphatic carbocycles. The predicted octanol–water partition coefficient (Wildman–Crippen LogP) is 5.90. The van der Waals surface area contributed by atoms with Gasteiger partial charge in [-0.2, -0.15) is 0 Å². The van der Waals surface area contributed by atoms with Crippen molar-refractivity contribution in [1.29, 1.82) is 0 Å². The summed E-state index contributed by atoms with van der Waals surface area (Å²) in [7, 11) is -2.10. The number of primary amides is 1. The number of nitrogens with zero attached hydrogens (tertiary/aromatic N) is 4. The fourth-order valence-electron chi connectivity index (χ4n) is 4.33. The molecule has 1 aromatic carbocycles. The molecule has 0 aliphatic rings. The Morgan fingerprint density at radius 1 is 1.18 bits per heavy atom. The predicted molar refractivity (Wildman–Crippen MR) is 160 cm³/mol. The van der Waals surface area contributed by atoms with Gasteiger partial charge in [0.1, 0.15) is 11.9 Å². The average Bonchev–Trinajstić information content (AvgIpc) is 3.55. The number of amides is 2. The molecule has 0 radical (unpaired) electrons. The minimum atomic E-state index is -2.10. The van der Waals surface area contributed by atoms with Crippen LogP contribution in [-0.2, 0) is 22.2 Å². The van der Waals surface area contributed by atoms with Crippen LogP contribution in [0, 0.1) is 0 Å². The van der Waals surface area contributed by atoms with Gasteiger partial charge in [-0.1, -0.05) is 32.9 Å². The maximum absolute atomic E-state index is 12.6. The van der Waals surface area contributed by atoms with Crippen molar-refractivity contribution in [3.8, 4) is 0 Å². The van der Waals surface area contributed by atoms with Gasteiger partial charge < -0.3 is 24.6 Å². The van der Waals surface area contributed by atoms with Crippen LogP contribution in [0.5, 0.6) is 0 Å². The summed E-state index contributed by atoms with van der Waals surface area (Å²) >= 11 is 0. The minimum absolute atomic E-state index is 0.0254. The van der Waals surface area contributed by atoms with Gasteiger partial charge in [0.05, 0.1) is 11.8 Å². The van der Waals surface area contributed by atoms with E-state index in [1.807, 2.05) is 34.9 Å². The molecule has 212 valence electrons. The molecule has 1 atom stereocenters. The number of nitrogens with two attached hydrogens (primary N) is 1. The number of fused-ring (bicyclic) bond motifs is 1. The third-order valence-electron chi connectivity index (χ3n) is 7.69. The normalized spacial score (nSPS) is 12.9. The van der Waals surface area contributed by atoms with Crippen LogP contribution >= 0.6 is 0 Å². The molecule has 3 aromatic heterocycles. The lowest BCUT2D eigenvalue weighted by molar-refractivity contribution is -0.116. The number of benzene rings is 1. The lowest BCUT2D eigenvalue weighted by Gasteiger charge is -2.39. The van der Waals surface area contributed by atoms with Crippen molar-refractivity contribution in [1.82, 2.24) is 19.1 Å². The van der Waals surface area contributed by atoms with E-state index in [0.717, 1.165) is 41.5 Å². The molecular formula is C30H40N6O3Si. The number of anilines is 1. The van der Waals surface area contributed by atoms with E-state index in [9.17, 15) is 9.59 Å². The molecule has 0 aliphatic heterocycles. The minimum Gasteiger partial charge on any atom is -0.397 e. The van der Waals surface area contributed by atoms with Crippen LogP contribution in [0.4, 0.5) is 5.69 Å². The highest BCUT2D eigenvalue weighted by atomic mass is 28.4. The topological polar surface area (TPSA) is 117 Å². The summed E-state index contributed by atoms with van der Waals surface area (Å²) in [5.74, 6) is -0.578. The van der Waals surface area contributed by atoms with Gasteiger partial charge in [0.15, 0.2) is 8.32 Å². The summed E-state index contributed by atoms with van der Waals surface area (Å²) in [6, 6.07) is 11.9. The second-order valence-electron chi connectivity index (χ2n) is 11.7. The van der Waals surface area contributed by atoms with Crippen molar-refractivity contribution < 1.29 is 14.0 Å². The molecule has 40 heavy (non-hydrogen) atoms. The lowest BCUT2D eigenvalue weighted by atomic mass is 10.1. The summed E-state index contributed by atoms with van der Waals surface area (Å²) < 4.78 is 10.8. The summed E-state index contributed by atoms with van der Waals surface area (Å²) in [4.78, 5) is 32.5. The Kier molecular flexibility index (Phi) is 8.90. The third kappa shape index (κ3) is 7.25. The molecule has 0 saturated carbocycles. The van der Waals surface area contributed by atoms with E-state index in [1.165, 1.54) is 0 Å². The molecule has 10 heteroatoms. The van der Waals surface area contributed by atoms with E-state index in [4.69, 9.17) is 10.2 Å². The zero-order valence-electron chi connectivity index (χ0n) is 24.1. The molecule has 2 amide bonds.